The molecule has 1 aliphatic heterocycles. The van der Waals surface area contributed by atoms with Crippen molar-refractivity contribution in [2.24, 2.45) is 5.92 Å². The number of hydrogen-bond acceptors (Lipinski definition) is 2. The molecule has 0 bridgehead atoms. The predicted molar refractivity (Wildman–Crippen MR) is 97.7 cm³/mol. The van der Waals surface area contributed by atoms with Gasteiger partial charge >= 0.3 is 0 Å². The molecule has 0 saturated carbocycles. The molecule has 1 fully saturated rings. The van der Waals surface area contributed by atoms with Crippen LogP contribution in [0.3, 0.4) is 0 Å². The van der Waals surface area contributed by atoms with Crippen LogP contribution < -0.4 is 0 Å². The van der Waals surface area contributed by atoms with E-state index in [2.05, 4.69) is 65.6 Å². The van der Waals surface area contributed by atoms with E-state index in [9.17, 15) is 4.79 Å². The van der Waals surface area contributed by atoms with Crippen molar-refractivity contribution in [3.05, 3.63) is 71.8 Å². The first-order valence-corrected chi connectivity index (χ1v) is 8.72. The Kier molecular flexibility index (Phi) is 5.31. The van der Waals surface area contributed by atoms with Gasteiger partial charge in [-0.05, 0) is 37.1 Å². The van der Waals surface area contributed by atoms with Crippen molar-refractivity contribution in [1.82, 2.24) is 9.80 Å². The molecule has 24 heavy (non-hydrogen) atoms. The Morgan fingerprint density at radius 3 is 1.79 bits per heavy atom. The van der Waals surface area contributed by atoms with Crippen LogP contribution in [0.2, 0.25) is 0 Å². The van der Waals surface area contributed by atoms with E-state index in [1.54, 1.807) is 4.90 Å². The summed E-state index contributed by atoms with van der Waals surface area (Å²) in [6.07, 6.45) is 1.88. The van der Waals surface area contributed by atoms with Gasteiger partial charge in [0.15, 0.2) is 0 Å². The molecule has 3 rings (SSSR count). The average molecular weight is 322 g/mol. The molecule has 0 aliphatic carbocycles. The van der Waals surface area contributed by atoms with Gasteiger partial charge in [-0.1, -0.05) is 60.7 Å². The number of carbonyl (C=O) groups excluding carboxylic acids is 1. The Bertz CT molecular complexity index is 607. The number of rotatable bonds is 4. The Balaban J connectivity index is 1.80. The Labute approximate surface area is 144 Å². The van der Waals surface area contributed by atoms with Crippen LogP contribution in [-0.2, 0) is 4.79 Å². The molecule has 126 valence electrons. The number of carbonyl (C=O) groups is 1. The van der Waals surface area contributed by atoms with Crippen LogP contribution in [-0.4, -0.2) is 42.9 Å². The Hall–Kier alpha value is -2.13. The molecule has 1 heterocycles. The molecule has 1 saturated heterocycles. The maximum Gasteiger partial charge on any atom is 0.225 e. The van der Waals surface area contributed by atoms with E-state index < -0.39 is 0 Å². The second kappa shape index (κ2) is 7.63. The topological polar surface area (TPSA) is 23.6 Å². The lowest BCUT2D eigenvalue weighted by atomic mass is 9.90. The Morgan fingerprint density at radius 1 is 0.917 bits per heavy atom. The highest BCUT2D eigenvalue weighted by molar-refractivity contribution is 5.78. The molecule has 0 aromatic heterocycles. The third kappa shape index (κ3) is 3.68. The molecule has 1 amide bonds. The predicted octanol–water partition coefficient (Wildman–Crippen LogP) is 3.58. The van der Waals surface area contributed by atoms with Crippen molar-refractivity contribution < 1.29 is 4.79 Å². The molecule has 0 radical (unpaired) electrons. The largest absolute Gasteiger partial charge is 0.349 e. The lowest BCUT2D eigenvalue weighted by molar-refractivity contribution is -0.134. The molecule has 0 unspecified atom stereocenters. The lowest BCUT2D eigenvalue weighted by Gasteiger charge is -2.38. The zero-order valence-electron chi connectivity index (χ0n) is 14.6. The van der Waals surface area contributed by atoms with E-state index >= 15 is 0 Å². The van der Waals surface area contributed by atoms with Crippen LogP contribution >= 0.6 is 0 Å². The number of likely N-dealkylation sites (tertiary alicyclic amines) is 1. The highest BCUT2D eigenvalue weighted by Crippen LogP contribution is 2.32. The zero-order valence-corrected chi connectivity index (χ0v) is 14.6. The summed E-state index contributed by atoms with van der Waals surface area (Å²) >= 11 is 0. The van der Waals surface area contributed by atoms with E-state index in [0.29, 0.717) is 0 Å². The van der Waals surface area contributed by atoms with Crippen molar-refractivity contribution in [2.45, 2.75) is 18.9 Å². The first kappa shape index (κ1) is 16.7. The number of amides is 1. The third-order valence-electron chi connectivity index (χ3n) is 4.92. The molecule has 1 aliphatic rings. The maximum atomic E-state index is 12.2. The first-order chi connectivity index (χ1) is 11.7. The summed E-state index contributed by atoms with van der Waals surface area (Å²) in [6, 6.07) is 21.6. The minimum absolute atomic E-state index is 0.170. The molecule has 3 nitrogen and oxygen atoms in total. The van der Waals surface area contributed by atoms with Gasteiger partial charge in [0.25, 0.3) is 0 Å². The van der Waals surface area contributed by atoms with Gasteiger partial charge in [-0.15, -0.1) is 0 Å². The highest BCUT2D eigenvalue weighted by atomic mass is 16.2. The van der Waals surface area contributed by atoms with E-state index in [1.807, 2.05) is 14.1 Å². The minimum atomic E-state index is 0.170. The van der Waals surface area contributed by atoms with Gasteiger partial charge in [0, 0.05) is 20.0 Å². The van der Waals surface area contributed by atoms with Crippen molar-refractivity contribution in [3.8, 4) is 0 Å². The van der Waals surface area contributed by atoms with Crippen LogP contribution in [0.15, 0.2) is 60.7 Å². The van der Waals surface area contributed by atoms with Crippen LogP contribution in [0.25, 0.3) is 0 Å². The standard InChI is InChI=1S/C21H26N2O/c1-22(2)21(24)19-13-15-23(16-14-19)20(17-9-5-3-6-10-17)18-11-7-4-8-12-18/h3-12,19-20H,13-16H2,1-2H3. The fourth-order valence-electron chi connectivity index (χ4n) is 3.65. The van der Waals surface area contributed by atoms with Gasteiger partial charge in [-0.25, -0.2) is 0 Å². The van der Waals surface area contributed by atoms with Crippen LogP contribution in [0.4, 0.5) is 0 Å². The monoisotopic (exact) mass is 322 g/mol. The van der Waals surface area contributed by atoms with Crippen molar-refractivity contribution in [2.75, 3.05) is 27.2 Å². The maximum absolute atomic E-state index is 12.2. The summed E-state index contributed by atoms with van der Waals surface area (Å²) in [7, 11) is 3.71. The second-order valence-corrected chi connectivity index (χ2v) is 6.77. The first-order valence-electron chi connectivity index (χ1n) is 8.72. The van der Waals surface area contributed by atoms with Crippen LogP contribution in [0.5, 0.6) is 0 Å². The lowest BCUT2D eigenvalue weighted by Crippen LogP contribution is -2.41. The summed E-state index contributed by atoms with van der Waals surface area (Å²) in [5.41, 5.74) is 2.64. The molecule has 2 aromatic rings. The van der Waals surface area contributed by atoms with Gasteiger partial charge in [-0.3, -0.25) is 9.69 Å². The summed E-state index contributed by atoms with van der Waals surface area (Å²) in [5.74, 6) is 0.439. The summed E-state index contributed by atoms with van der Waals surface area (Å²) in [5, 5.41) is 0. The molecule has 0 atom stereocenters. The smallest absolute Gasteiger partial charge is 0.225 e. The number of hydrogen-bond donors (Lipinski definition) is 0. The van der Waals surface area contributed by atoms with E-state index in [0.717, 1.165) is 25.9 Å². The van der Waals surface area contributed by atoms with E-state index in [-0.39, 0.29) is 17.9 Å². The zero-order chi connectivity index (χ0) is 16.9. The van der Waals surface area contributed by atoms with Crippen molar-refractivity contribution in [1.29, 1.82) is 0 Å². The quantitative estimate of drug-likeness (QED) is 0.859. The summed E-state index contributed by atoms with van der Waals surface area (Å²) in [4.78, 5) is 16.5. The normalized spacial score (nSPS) is 16.3. The van der Waals surface area contributed by atoms with Gasteiger partial charge in [0.05, 0.1) is 6.04 Å². The van der Waals surface area contributed by atoms with Crippen molar-refractivity contribution in [3.63, 3.8) is 0 Å². The number of benzene rings is 2. The molecule has 0 spiro atoms. The number of piperidine rings is 1. The fraction of sp³-hybridized carbons (Fsp3) is 0.381. The fourth-order valence-corrected chi connectivity index (χ4v) is 3.65. The summed E-state index contributed by atoms with van der Waals surface area (Å²) < 4.78 is 0. The second-order valence-electron chi connectivity index (χ2n) is 6.77. The molecular formula is C21H26N2O. The molecule has 3 heteroatoms. The molecular weight excluding hydrogens is 296 g/mol. The molecule has 2 aromatic carbocycles. The van der Waals surface area contributed by atoms with Crippen molar-refractivity contribution >= 4 is 5.91 Å². The van der Waals surface area contributed by atoms with E-state index in [1.165, 1.54) is 11.1 Å². The minimum Gasteiger partial charge on any atom is -0.349 e. The van der Waals surface area contributed by atoms with Gasteiger partial charge < -0.3 is 4.90 Å². The van der Waals surface area contributed by atoms with Gasteiger partial charge in [0.1, 0.15) is 0 Å². The van der Waals surface area contributed by atoms with Gasteiger partial charge in [0.2, 0.25) is 5.91 Å². The third-order valence-corrected chi connectivity index (χ3v) is 4.92. The number of nitrogens with zero attached hydrogens (tertiary/aromatic N) is 2. The Morgan fingerprint density at radius 2 is 1.38 bits per heavy atom. The van der Waals surface area contributed by atoms with E-state index in [4.69, 9.17) is 0 Å². The van der Waals surface area contributed by atoms with Gasteiger partial charge in [-0.2, -0.15) is 0 Å². The molecule has 0 N–H and O–H groups in total. The van der Waals surface area contributed by atoms with Crippen LogP contribution in [0.1, 0.15) is 30.0 Å². The van der Waals surface area contributed by atoms with Crippen LogP contribution in [0, 0.1) is 5.92 Å². The highest BCUT2D eigenvalue weighted by Gasteiger charge is 2.30. The SMILES string of the molecule is CN(C)C(=O)C1CCN(C(c2ccccc2)c2ccccc2)CC1. The average Bonchev–Trinajstić information content (AvgIpc) is 2.64. The summed E-state index contributed by atoms with van der Waals surface area (Å²) in [6.45, 7) is 1.91.